The van der Waals surface area contributed by atoms with E-state index in [2.05, 4.69) is 6.08 Å². The van der Waals surface area contributed by atoms with E-state index in [0.29, 0.717) is 8.80 Å². The van der Waals surface area contributed by atoms with Crippen LogP contribution in [0.25, 0.3) is 0 Å². The van der Waals surface area contributed by atoms with Gasteiger partial charge in [0.05, 0.1) is 14.1 Å². The minimum atomic E-state index is 0.609. The topological polar surface area (TPSA) is 0 Å². The predicted octanol–water partition coefficient (Wildman–Crippen LogP) is 1.47. The van der Waals surface area contributed by atoms with Gasteiger partial charge in [0.2, 0.25) is 0 Å². The van der Waals surface area contributed by atoms with E-state index < -0.39 is 0 Å². The first-order valence-corrected chi connectivity index (χ1v) is 3.98. The number of hydrogen-bond acceptors (Lipinski definition) is 2. The van der Waals surface area contributed by atoms with Gasteiger partial charge in [0.15, 0.2) is 0 Å². The van der Waals surface area contributed by atoms with E-state index >= 15 is 0 Å². The summed E-state index contributed by atoms with van der Waals surface area (Å²) in [6.07, 6.45) is 4.08. The van der Waals surface area contributed by atoms with Crippen molar-refractivity contribution in [1.82, 2.24) is 0 Å². The van der Waals surface area contributed by atoms with Gasteiger partial charge in [-0.3, -0.25) is 0 Å². The number of nitrogens with zero attached hydrogens (tertiary/aromatic N) is 1. The summed E-state index contributed by atoms with van der Waals surface area (Å²) < 4.78 is 1.23. The third kappa shape index (κ3) is 3.25. The summed E-state index contributed by atoms with van der Waals surface area (Å²) in [4.78, 5) is 0. The SMILES string of the molecule is C/C=C/C[N+](C)(C)C(=S)[S-]. The molecular formula is C7H13NS2. The van der Waals surface area contributed by atoms with Gasteiger partial charge in [0, 0.05) is 4.32 Å². The average molecular weight is 175 g/mol. The molecule has 10 heavy (non-hydrogen) atoms. The maximum atomic E-state index is 4.90. The molecule has 0 saturated heterocycles. The van der Waals surface area contributed by atoms with Crippen LogP contribution in [0.2, 0.25) is 0 Å². The maximum absolute atomic E-state index is 4.90. The van der Waals surface area contributed by atoms with E-state index in [1.807, 2.05) is 27.1 Å². The van der Waals surface area contributed by atoms with Crippen LogP contribution in [0.15, 0.2) is 12.2 Å². The fraction of sp³-hybridized carbons (Fsp3) is 0.571. The summed E-state index contributed by atoms with van der Waals surface area (Å²) in [6.45, 7) is 2.88. The van der Waals surface area contributed by atoms with Crippen LogP contribution in [0.1, 0.15) is 6.92 Å². The van der Waals surface area contributed by atoms with E-state index in [9.17, 15) is 0 Å². The zero-order chi connectivity index (χ0) is 8.20. The molecule has 3 heteroatoms. The van der Waals surface area contributed by atoms with Crippen molar-refractivity contribution < 1.29 is 4.48 Å². The molecule has 0 fully saturated rings. The molecule has 0 aliphatic carbocycles. The van der Waals surface area contributed by atoms with Crippen LogP contribution < -0.4 is 0 Å². The zero-order valence-corrected chi connectivity index (χ0v) is 8.26. The summed E-state index contributed by atoms with van der Waals surface area (Å²) in [5.41, 5.74) is 0. The van der Waals surface area contributed by atoms with Crippen molar-refractivity contribution in [3.05, 3.63) is 12.2 Å². The monoisotopic (exact) mass is 175 g/mol. The normalized spacial score (nSPS) is 12.3. The Labute approximate surface area is 73.7 Å². The van der Waals surface area contributed by atoms with Crippen LogP contribution in [-0.2, 0) is 12.6 Å². The molecule has 0 atom stereocenters. The number of likely N-dealkylation sites (N-methyl/N-ethyl adjacent to an activating group) is 1. The van der Waals surface area contributed by atoms with Gasteiger partial charge < -0.3 is 29.3 Å². The first-order valence-electron chi connectivity index (χ1n) is 3.16. The highest BCUT2D eigenvalue weighted by Crippen LogP contribution is 1.98. The van der Waals surface area contributed by atoms with Gasteiger partial charge >= 0.3 is 0 Å². The molecular weight excluding hydrogens is 162 g/mol. The summed E-state index contributed by atoms with van der Waals surface area (Å²) in [7, 11) is 4.02. The molecule has 0 radical (unpaired) electrons. The van der Waals surface area contributed by atoms with Crippen molar-refractivity contribution in [2.24, 2.45) is 0 Å². The van der Waals surface area contributed by atoms with Gasteiger partial charge in [-0.1, -0.05) is 6.08 Å². The number of thiocarbonyl (C=S) groups is 1. The molecule has 0 saturated carbocycles. The number of rotatable bonds is 2. The molecule has 0 aromatic carbocycles. The van der Waals surface area contributed by atoms with Crippen molar-refractivity contribution in [1.29, 1.82) is 0 Å². The van der Waals surface area contributed by atoms with E-state index in [-0.39, 0.29) is 0 Å². The Balaban J connectivity index is 3.99. The first kappa shape index (κ1) is 10.0. The maximum Gasteiger partial charge on any atom is 0.100 e. The Bertz CT molecular complexity index is 150. The molecule has 58 valence electrons. The van der Waals surface area contributed by atoms with E-state index in [1.54, 1.807) is 0 Å². The second-order valence-corrected chi connectivity index (χ2v) is 3.73. The highest BCUT2D eigenvalue weighted by atomic mass is 32.1. The molecule has 0 heterocycles. The molecule has 0 rings (SSSR count). The predicted molar refractivity (Wildman–Crippen MR) is 51.8 cm³/mol. The van der Waals surface area contributed by atoms with Crippen molar-refractivity contribution in [3.8, 4) is 0 Å². The number of hydrogen-bond donors (Lipinski definition) is 0. The van der Waals surface area contributed by atoms with Crippen LogP contribution in [0, 0.1) is 0 Å². The van der Waals surface area contributed by atoms with Crippen molar-refractivity contribution in [3.63, 3.8) is 0 Å². The van der Waals surface area contributed by atoms with Crippen molar-refractivity contribution >= 4 is 29.2 Å². The van der Waals surface area contributed by atoms with Crippen molar-refractivity contribution in [2.75, 3.05) is 20.6 Å². The Hall–Kier alpha value is 0.0100. The summed E-state index contributed by atoms with van der Waals surface area (Å²) >= 11 is 9.80. The fourth-order valence-corrected chi connectivity index (χ4v) is 0.593. The van der Waals surface area contributed by atoms with Gasteiger partial charge in [0.25, 0.3) is 0 Å². The first-order chi connectivity index (χ1) is 4.50. The van der Waals surface area contributed by atoms with Crippen LogP contribution in [-0.4, -0.2) is 29.4 Å². The quantitative estimate of drug-likeness (QED) is 0.270. The molecule has 0 amide bonds. The molecule has 0 N–H and O–H groups in total. The Kier molecular flexibility index (Phi) is 4.01. The minimum Gasteiger partial charge on any atom is -0.370 e. The van der Waals surface area contributed by atoms with Crippen LogP contribution in [0.5, 0.6) is 0 Å². The fourth-order valence-electron chi connectivity index (χ4n) is 0.443. The van der Waals surface area contributed by atoms with Crippen molar-refractivity contribution in [2.45, 2.75) is 6.92 Å². The number of quaternary nitrogens is 1. The minimum absolute atomic E-state index is 0.609. The summed E-state index contributed by atoms with van der Waals surface area (Å²) in [6, 6.07) is 0. The molecule has 0 bridgehead atoms. The van der Waals surface area contributed by atoms with E-state index in [4.69, 9.17) is 24.8 Å². The number of allylic oxidation sites excluding steroid dienone is 1. The highest BCUT2D eigenvalue weighted by molar-refractivity contribution is 7.99. The lowest BCUT2D eigenvalue weighted by Crippen LogP contribution is -2.43. The largest absolute Gasteiger partial charge is 0.370 e. The summed E-state index contributed by atoms with van der Waals surface area (Å²) in [5.74, 6) is 0. The van der Waals surface area contributed by atoms with E-state index in [1.165, 1.54) is 0 Å². The molecule has 0 aromatic heterocycles. The molecule has 0 spiro atoms. The van der Waals surface area contributed by atoms with Gasteiger partial charge in [-0.25, -0.2) is 0 Å². The van der Waals surface area contributed by atoms with Crippen LogP contribution >= 0.6 is 12.2 Å². The Morgan fingerprint density at radius 1 is 1.60 bits per heavy atom. The smallest absolute Gasteiger partial charge is 0.100 e. The van der Waals surface area contributed by atoms with Gasteiger partial charge in [0.1, 0.15) is 6.54 Å². The molecule has 0 unspecified atom stereocenters. The Morgan fingerprint density at radius 2 is 2.10 bits per heavy atom. The highest BCUT2D eigenvalue weighted by Gasteiger charge is 2.09. The van der Waals surface area contributed by atoms with Gasteiger partial charge in [-0.15, -0.1) is 0 Å². The zero-order valence-electron chi connectivity index (χ0n) is 6.63. The Morgan fingerprint density at radius 3 is 2.40 bits per heavy atom. The average Bonchev–Trinajstić information content (AvgIpc) is 1.84. The van der Waals surface area contributed by atoms with Gasteiger partial charge in [-0.2, -0.15) is 0 Å². The van der Waals surface area contributed by atoms with Crippen LogP contribution in [0.4, 0.5) is 0 Å². The summed E-state index contributed by atoms with van der Waals surface area (Å²) in [5, 5.41) is 0. The molecule has 0 aliphatic heterocycles. The molecule has 1 nitrogen and oxygen atoms in total. The lowest BCUT2D eigenvalue weighted by molar-refractivity contribution is -0.785. The molecule has 0 aromatic rings. The second kappa shape index (κ2) is 4.01. The van der Waals surface area contributed by atoms with E-state index in [0.717, 1.165) is 6.54 Å². The lowest BCUT2D eigenvalue weighted by atomic mass is 10.4. The molecule has 0 aliphatic rings. The third-order valence-corrected chi connectivity index (χ3v) is 2.28. The third-order valence-electron chi connectivity index (χ3n) is 1.29. The standard InChI is InChI=1S/C7H13NS2/c1-4-5-6-8(2,3)7(9)10/h4-5H,6H2,1-3H3/b5-4+. The van der Waals surface area contributed by atoms with Gasteiger partial charge in [-0.05, 0) is 13.0 Å². The lowest BCUT2D eigenvalue weighted by Gasteiger charge is -2.31. The second-order valence-electron chi connectivity index (χ2n) is 2.70. The van der Waals surface area contributed by atoms with Crippen LogP contribution in [0.3, 0.4) is 0 Å².